The summed E-state index contributed by atoms with van der Waals surface area (Å²) in [6, 6.07) is 11.1. The first-order valence-electron chi connectivity index (χ1n) is 9.93. The van der Waals surface area contributed by atoms with E-state index in [1.807, 2.05) is 24.3 Å². The highest BCUT2D eigenvalue weighted by Gasteiger charge is 2.15. The van der Waals surface area contributed by atoms with Crippen molar-refractivity contribution in [3.05, 3.63) is 60.9 Å². The summed E-state index contributed by atoms with van der Waals surface area (Å²) in [5, 5.41) is 11.9. The molecule has 10 heteroatoms. The molecule has 0 atom stereocenters. The van der Waals surface area contributed by atoms with Crippen LogP contribution >= 0.6 is 0 Å². The highest BCUT2D eigenvalue weighted by Crippen LogP contribution is 2.26. The van der Waals surface area contributed by atoms with Crippen molar-refractivity contribution in [1.29, 1.82) is 0 Å². The van der Waals surface area contributed by atoms with Gasteiger partial charge in [0.2, 0.25) is 5.95 Å². The first-order valence-corrected chi connectivity index (χ1v) is 9.93. The van der Waals surface area contributed by atoms with Crippen molar-refractivity contribution in [2.45, 2.75) is 0 Å². The van der Waals surface area contributed by atoms with Crippen LogP contribution in [0, 0.1) is 5.82 Å². The van der Waals surface area contributed by atoms with E-state index in [0.29, 0.717) is 36.2 Å². The maximum Gasteiger partial charge on any atom is 0.245 e. The minimum Gasteiger partial charge on any atom is -0.378 e. The molecule has 31 heavy (non-hydrogen) atoms. The smallest absolute Gasteiger partial charge is 0.245 e. The van der Waals surface area contributed by atoms with Crippen LogP contribution in [0.5, 0.6) is 0 Å². The fourth-order valence-corrected chi connectivity index (χ4v) is 3.47. The lowest BCUT2D eigenvalue weighted by atomic mass is 10.2. The summed E-state index contributed by atoms with van der Waals surface area (Å²) >= 11 is 0. The van der Waals surface area contributed by atoms with Crippen molar-refractivity contribution in [3.63, 3.8) is 0 Å². The first kappa shape index (κ1) is 19.2. The maximum absolute atomic E-state index is 14.3. The number of benzene rings is 1. The molecule has 1 aliphatic heterocycles. The van der Waals surface area contributed by atoms with Crippen LogP contribution in [0.2, 0.25) is 0 Å². The number of nitrogens with zero attached hydrogens (tertiary/aromatic N) is 7. The van der Waals surface area contributed by atoms with Crippen LogP contribution in [0.25, 0.3) is 16.9 Å². The molecule has 0 unspecified atom stereocenters. The number of aryl methyl sites for hydroxylation is 1. The van der Waals surface area contributed by atoms with Gasteiger partial charge in [-0.3, -0.25) is 4.68 Å². The lowest BCUT2D eigenvalue weighted by molar-refractivity contribution is 0.122. The third kappa shape index (κ3) is 3.97. The molecular formula is C21H21FN8O. The van der Waals surface area contributed by atoms with Gasteiger partial charge in [-0.05, 0) is 36.4 Å². The average molecular weight is 420 g/mol. The van der Waals surface area contributed by atoms with E-state index in [1.54, 1.807) is 41.1 Å². The number of rotatable bonds is 5. The molecule has 4 heterocycles. The minimum atomic E-state index is -0.397. The fourth-order valence-electron chi connectivity index (χ4n) is 3.47. The van der Waals surface area contributed by atoms with Crippen LogP contribution in [0.4, 0.5) is 21.8 Å². The highest BCUT2D eigenvalue weighted by molar-refractivity contribution is 5.67. The number of ether oxygens (including phenoxy) is 1. The van der Waals surface area contributed by atoms with E-state index in [4.69, 9.17) is 4.74 Å². The van der Waals surface area contributed by atoms with E-state index < -0.39 is 5.82 Å². The molecule has 0 radical (unpaired) electrons. The van der Waals surface area contributed by atoms with Gasteiger partial charge >= 0.3 is 0 Å². The van der Waals surface area contributed by atoms with Gasteiger partial charge in [-0.15, -0.1) is 5.10 Å². The van der Waals surface area contributed by atoms with Crippen LogP contribution in [-0.2, 0) is 11.8 Å². The Balaban J connectivity index is 1.32. The lowest BCUT2D eigenvalue weighted by Gasteiger charge is -2.25. The van der Waals surface area contributed by atoms with Crippen LogP contribution in [0.3, 0.4) is 0 Å². The van der Waals surface area contributed by atoms with Gasteiger partial charge in [0.25, 0.3) is 0 Å². The van der Waals surface area contributed by atoms with E-state index in [-0.39, 0.29) is 0 Å². The Kier molecular flexibility index (Phi) is 5.04. The zero-order valence-corrected chi connectivity index (χ0v) is 16.9. The summed E-state index contributed by atoms with van der Waals surface area (Å²) in [5.74, 6) is 0.844. The van der Waals surface area contributed by atoms with Crippen LogP contribution in [0.15, 0.2) is 55.1 Å². The van der Waals surface area contributed by atoms with E-state index >= 15 is 0 Å². The molecule has 5 rings (SSSR count). The van der Waals surface area contributed by atoms with Crippen molar-refractivity contribution in [2.75, 3.05) is 36.5 Å². The van der Waals surface area contributed by atoms with E-state index in [9.17, 15) is 4.39 Å². The molecule has 1 fully saturated rings. The third-order valence-electron chi connectivity index (χ3n) is 5.13. The molecule has 158 valence electrons. The zero-order chi connectivity index (χ0) is 21.2. The normalized spacial score (nSPS) is 14.1. The molecule has 3 aromatic heterocycles. The molecule has 4 aromatic rings. The number of halogens is 1. The summed E-state index contributed by atoms with van der Waals surface area (Å²) in [6.45, 7) is 2.96. The van der Waals surface area contributed by atoms with Gasteiger partial charge in [-0.25, -0.2) is 14.1 Å². The van der Waals surface area contributed by atoms with E-state index in [1.165, 1.54) is 6.20 Å². The Morgan fingerprint density at radius 3 is 2.61 bits per heavy atom. The summed E-state index contributed by atoms with van der Waals surface area (Å²) in [6.07, 6.45) is 4.55. The Morgan fingerprint density at radius 2 is 1.87 bits per heavy atom. The monoisotopic (exact) mass is 420 g/mol. The summed E-state index contributed by atoms with van der Waals surface area (Å²) in [7, 11) is 1.77. The molecule has 1 aromatic carbocycles. The van der Waals surface area contributed by atoms with Gasteiger partial charge in [0.1, 0.15) is 12.1 Å². The Bertz CT molecular complexity index is 1180. The Labute approximate surface area is 178 Å². The molecule has 0 amide bonds. The van der Waals surface area contributed by atoms with Gasteiger partial charge in [0.15, 0.2) is 5.82 Å². The molecular weight excluding hydrogens is 399 g/mol. The molecule has 1 saturated heterocycles. The third-order valence-corrected chi connectivity index (χ3v) is 5.13. The molecule has 9 nitrogen and oxygen atoms in total. The van der Waals surface area contributed by atoms with Crippen LogP contribution in [0.1, 0.15) is 0 Å². The van der Waals surface area contributed by atoms with E-state index in [0.717, 1.165) is 24.5 Å². The van der Waals surface area contributed by atoms with Gasteiger partial charge in [-0.2, -0.15) is 10.1 Å². The molecule has 1 aliphatic rings. The van der Waals surface area contributed by atoms with Gasteiger partial charge in [0.05, 0.1) is 30.8 Å². The van der Waals surface area contributed by atoms with Crippen LogP contribution in [-0.4, -0.2) is 55.8 Å². The Morgan fingerprint density at radius 1 is 1.06 bits per heavy atom. The van der Waals surface area contributed by atoms with Gasteiger partial charge < -0.3 is 15.0 Å². The second-order valence-electron chi connectivity index (χ2n) is 7.15. The van der Waals surface area contributed by atoms with E-state index in [2.05, 4.69) is 30.4 Å². The zero-order valence-electron chi connectivity index (χ0n) is 16.9. The second-order valence-corrected chi connectivity index (χ2v) is 7.15. The van der Waals surface area contributed by atoms with Crippen LogP contribution < -0.4 is 10.2 Å². The standard InChI is InChI=1S/C21H21FN8O/c1-28-19(6-7-25-28)17-12-20(23-13-18(17)22)26-15-2-4-16(5-3-15)30-14-24-21(27-30)29-8-10-31-11-9-29/h2-7,12-14H,8-11H2,1H3,(H,23,26). The largest absolute Gasteiger partial charge is 0.378 e. The number of hydrogen-bond donors (Lipinski definition) is 1. The SMILES string of the molecule is Cn1nccc1-c1cc(Nc2ccc(-n3cnc(N4CCOCC4)n3)cc2)ncc1F. The number of nitrogens with one attached hydrogen (secondary N) is 1. The van der Waals surface area contributed by atoms with Crippen molar-refractivity contribution >= 4 is 17.5 Å². The quantitative estimate of drug-likeness (QED) is 0.531. The number of morpholine rings is 1. The number of pyridine rings is 1. The number of anilines is 3. The van der Waals surface area contributed by atoms with Gasteiger partial charge in [0, 0.05) is 37.6 Å². The maximum atomic E-state index is 14.3. The van der Waals surface area contributed by atoms with Crippen molar-refractivity contribution in [1.82, 2.24) is 29.5 Å². The predicted octanol–water partition coefficient (Wildman–Crippen LogP) is 2.78. The first-order chi connectivity index (χ1) is 15.2. The summed E-state index contributed by atoms with van der Waals surface area (Å²) in [5.41, 5.74) is 2.83. The predicted molar refractivity (Wildman–Crippen MR) is 114 cm³/mol. The summed E-state index contributed by atoms with van der Waals surface area (Å²) in [4.78, 5) is 10.7. The number of hydrogen-bond acceptors (Lipinski definition) is 7. The lowest BCUT2D eigenvalue weighted by Crippen LogP contribution is -2.37. The second kappa shape index (κ2) is 8.15. The minimum absolute atomic E-state index is 0.397. The van der Waals surface area contributed by atoms with Crippen molar-refractivity contribution in [2.24, 2.45) is 7.05 Å². The molecule has 1 N–H and O–H groups in total. The average Bonchev–Trinajstić information content (AvgIpc) is 3.46. The molecule has 0 spiro atoms. The number of aromatic nitrogens is 6. The fraction of sp³-hybridized carbons (Fsp3) is 0.238. The molecule has 0 bridgehead atoms. The van der Waals surface area contributed by atoms with Crippen molar-refractivity contribution in [3.8, 4) is 16.9 Å². The topological polar surface area (TPSA) is 85.9 Å². The van der Waals surface area contributed by atoms with Gasteiger partial charge in [-0.1, -0.05) is 0 Å². The summed E-state index contributed by atoms with van der Waals surface area (Å²) < 4.78 is 23.0. The highest BCUT2D eigenvalue weighted by atomic mass is 19.1. The molecule has 0 saturated carbocycles. The van der Waals surface area contributed by atoms with Crippen molar-refractivity contribution < 1.29 is 9.13 Å². The molecule has 0 aliphatic carbocycles. The Hall–Kier alpha value is -3.79.